The van der Waals surface area contributed by atoms with Crippen molar-refractivity contribution in [1.82, 2.24) is 0 Å². The van der Waals surface area contributed by atoms with Crippen LogP contribution in [0.3, 0.4) is 0 Å². The van der Waals surface area contributed by atoms with E-state index in [0.717, 1.165) is 16.4 Å². The summed E-state index contributed by atoms with van der Waals surface area (Å²) < 4.78 is 0. The summed E-state index contributed by atoms with van der Waals surface area (Å²) >= 11 is 6.26. The molecule has 0 saturated heterocycles. The van der Waals surface area contributed by atoms with Crippen molar-refractivity contribution in [3.05, 3.63) is 71.8 Å². The van der Waals surface area contributed by atoms with Crippen molar-refractivity contribution in [3.8, 4) is 11.1 Å². The average Bonchev–Trinajstić information content (AvgIpc) is 2.55. The Balaban J connectivity index is 2.08. The molecule has 22 heavy (non-hydrogen) atoms. The van der Waals surface area contributed by atoms with Crippen molar-refractivity contribution in [1.29, 1.82) is 0 Å². The van der Waals surface area contributed by atoms with Crippen LogP contribution < -0.4 is 5.32 Å². The van der Waals surface area contributed by atoms with Gasteiger partial charge in [0.25, 0.3) is 0 Å². The van der Waals surface area contributed by atoms with E-state index in [9.17, 15) is 0 Å². The fourth-order valence-electron chi connectivity index (χ4n) is 3.48. The lowest BCUT2D eigenvalue weighted by Crippen LogP contribution is -2.01. The van der Waals surface area contributed by atoms with Crippen LogP contribution in [0.5, 0.6) is 0 Å². The van der Waals surface area contributed by atoms with E-state index in [1.807, 2.05) is 6.07 Å². The number of hydrogen-bond acceptors (Lipinski definition) is 1. The number of rotatable bonds is 0. The maximum absolute atomic E-state index is 6.26. The van der Waals surface area contributed by atoms with Crippen LogP contribution in [-0.2, 0) is 0 Å². The first-order chi connectivity index (χ1) is 10.8. The van der Waals surface area contributed by atoms with Crippen molar-refractivity contribution < 1.29 is 0 Å². The Kier molecular flexibility index (Phi) is 2.33. The SMILES string of the molecule is Clc1ccc2c(c1)-c1c3ccccc3cc3cccc(c13)N2. The molecular formula is C20H12ClN. The predicted molar refractivity (Wildman–Crippen MR) is 95.2 cm³/mol. The molecular weight excluding hydrogens is 290 g/mol. The molecule has 0 unspecified atom stereocenters. The molecule has 1 aliphatic rings. The molecule has 0 aliphatic carbocycles. The zero-order valence-corrected chi connectivity index (χ0v) is 12.5. The smallest absolute Gasteiger partial charge is 0.0470 e. The van der Waals surface area contributed by atoms with Gasteiger partial charge in [-0.3, -0.25) is 0 Å². The topological polar surface area (TPSA) is 12.0 Å². The zero-order valence-electron chi connectivity index (χ0n) is 11.7. The first-order valence-electron chi connectivity index (χ1n) is 7.33. The number of nitrogens with one attached hydrogen (secondary N) is 1. The Morgan fingerprint density at radius 2 is 1.59 bits per heavy atom. The van der Waals surface area contributed by atoms with E-state index in [-0.39, 0.29) is 0 Å². The number of fused-ring (bicyclic) bond motifs is 4. The highest BCUT2D eigenvalue weighted by molar-refractivity contribution is 6.31. The van der Waals surface area contributed by atoms with E-state index >= 15 is 0 Å². The van der Waals surface area contributed by atoms with Gasteiger partial charge >= 0.3 is 0 Å². The van der Waals surface area contributed by atoms with Gasteiger partial charge in [-0.15, -0.1) is 0 Å². The number of anilines is 2. The van der Waals surface area contributed by atoms with Crippen LogP contribution in [0.25, 0.3) is 32.7 Å². The van der Waals surface area contributed by atoms with E-state index in [0.29, 0.717) is 0 Å². The highest BCUT2D eigenvalue weighted by atomic mass is 35.5. The summed E-state index contributed by atoms with van der Waals surface area (Å²) in [5.74, 6) is 0. The Bertz CT molecular complexity index is 1070. The Labute approximate surface area is 133 Å². The van der Waals surface area contributed by atoms with Gasteiger partial charge in [-0.1, -0.05) is 48.0 Å². The Morgan fingerprint density at radius 1 is 0.727 bits per heavy atom. The molecule has 1 N–H and O–H groups in total. The van der Waals surface area contributed by atoms with Gasteiger partial charge < -0.3 is 5.32 Å². The van der Waals surface area contributed by atoms with Gasteiger partial charge in [0.15, 0.2) is 0 Å². The lowest BCUT2D eigenvalue weighted by Gasteiger charge is -2.24. The van der Waals surface area contributed by atoms with E-state index in [1.54, 1.807) is 0 Å². The van der Waals surface area contributed by atoms with Crippen LogP contribution in [-0.4, -0.2) is 0 Å². The van der Waals surface area contributed by atoms with Crippen LogP contribution in [0.1, 0.15) is 0 Å². The maximum atomic E-state index is 6.26. The highest BCUT2D eigenvalue weighted by Crippen LogP contribution is 2.47. The van der Waals surface area contributed by atoms with Crippen LogP contribution in [0.15, 0.2) is 66.7 Å². The number of halogens is 1. The molecule has 1 nitrogen and oxygen atoms in total. The third-order valence-electron chi connectivity index (χ3n) is 4.41. The summed E-state index contributed by atoms with van der Waals surface area (Å²) in [6.07, 6.45) is 0. The van der Waals surface area contributed by atoms with E-state index < -0.39 is 0 Å². The van der Waals surface area contributed by atoms with Crippen molar-refractivity contribution in [3.63, 3.8) is 0 Å². The minimum absolute atomic E-state index is 0.765. The highest BCUT2D eigenvalue weighted by Gasteiger charge is 2.20. The van der Waals surface area contributed by atoms with Crippen molar-refractivity contribution in [2.45, 2.75) is 0 Å². The number of benzene rings is 4. The fraction of sp³-hybridized carbons (Fsp3) is 0. The molecule has 0 fully saturated rings. The standard InChI is InChI=1S/C20H12ClN/c21-14-8-9-17-16(11-14)20-15-6-2-1-4-12(15)10-13-5-3-7-18(22-17)19(13)20/h1-11,22H. The number of hydrogen-bond donors (Lipinski definition) is 1. The fourth-order valence-corrected chi connectivity index (χ4v) is 3.66. The molecule has 4 aromatic carbocycles. The summed E-state index contributed by atoms with van der Waals surface area (Å²) in [6, 6.07) is 23.3. The third-order valence-corrected chi connectivity index (χ3v) is 4.64. The normalized spacial score (nSPS) is 12.2. The Hall–Kier alpha value is -2.51. The molecule has 0 spiro atoms. The molecule has 0 bridgehead atoms. The summed E-state index contributed by atoms with van der Waals surface area (Å²) in [7, 11) is 0. The van der Waals surface area contributed by atoms with Gasteiger partial charge in [-0.2, -0.15) is 0 Å². The molecule has 0 radical (unpaired) electrons. The molecule has 2 heteroatoms. The van der Waals surface area contributed by atoms with Gasteiger partial charge in [0.2, 0.25) is 0 Å². The summed E-state index contributed by atoms with van der Waals surface area (Å²) in [5, 5.41) is 9.36. The summed E-state index contributed by atoms with van der Waals surface area (Å²) in [6.45, 7) is 0. The van der Waals surface area contributed by atoms with Crippen molar-refractivity contribution in [2.24, 2.45) is 0 Å². The van der Waals surface area contributed by atoms with E-state index in [4.69, 9.17) is 11.6 Å². The lowest BCUT2D eigenvalue weighted by molar-refractivity contribution is 1.54. The monoisotopic (exact) mass is 301 g/mol. The van der Waals surface area contributed by atoms with Crippen molar-refractivity contribution >= 4 is 44.5 Å². The molecule has 1 aliphatic heterocycles. The lowest BCUT2D eigenvalue weighted by atomic mass is 9.88. The minimum atomic E-state index is 0.765. The second-order valence-electron chi connectivity index (χ2n) is 5.69. The van der Waals surface area contributed by atoms with E-state index in [1.165, 1.54) is 32.7 Å². The van der Waals surface area contributed by atoms with Crippen LogP contribution in [0.4, 0.5) is 11.4 Å². The largest absolute Gasteiger partial charge is 0.354 e. The molecule has 0 amide bonds. The second-order valence-corrected chi connectivity index (χ2v) is 6.13. The van der Waals surface area contributed by atoms with Crippen LogP contribution in [0, 0.1) is 0 Å². The molecule has 1 heterocycles. The molecule has 0 saturated carbocycles. The molecule has 0 aromatic heterocycles. The van der Waals surface area contributed by atoms with E-state index in [2.05, 4.69) is 66.0 Å². The van der Waals surface area contributed by atoms with Crippen LogP contribution in [0.2, 0.25) is 5.02 Å². The predicted octanol–water partition coefficient (Wildman–Crippen LogP) is 6.37. The molecule has 0 atom stereocenters. The van der Waals surface area contributed by atoms with Gasteiger partial charge in [0.05, 0.1) is 0 Å². The van der Waals surface area contributed by atoms with Gasteiger partial charge in [-0.05, 0) is 46.5 Å². The first-order valence-corrected chi connectivity index (χ1v) is 7.70. The third kappa shape index (κ3) is 1.54. The van der Waals surface area contributed by atoms with Gasteiger partial charge in [0, 0.05) is 32.9 Å². The summed E-state index contributed by atoms with van der Waals surface area (Å²) in [4.78, 5) is 0. The van der Waals surface area contributed by atoms with Gasteiger partial charge in [0.1, 0.15) is 0 Å². The molecule has 104 valence electrons. The summed E-state index contributed by atoms with van der Waals surface area (Å²) in [5.41, 5.74) is 4.72. The van der Waals surface area contributed by atoms with Crippen molar-refractivity contribution in [2.75, 3.05) is 5.32 Å². The minimum Gasteiger partial charge on any atom is -0.354 e. The quantitative estimate of drug-likeness (QED) is 0.328. The van der Waals surface area contributed by atoms with Crippen LogP contribution >= 0.6 is 11.6 Å². The molecule has 5 rings (SSSR count). The maximum Gasteiger partial charge on any atom is 0.0470 e. The first kappa shape index (κ1) is 12.1. The second kappa shape index (κ2) is 4.25. The van der Waals surface area contributed by atoms with Gasteiger partial charge in [-0.25, -0.2) is 0 Å². The zero-order chi connectivity index (χ0) is 14.7. The molecule has 4 aromatic rings. The average molecular weight is 302 g/mol. The Morgan fingerprint density at radius 3 is 2.55 bits per heavy atom.